The van der Waals surface area contributed by atoms with Crippen LogP contribution in [0, 0.1) is 17.3 Å². The third kappa shape index (κ3) is 5.00. The Morgan fingerprint density at radius 1 is 1.25 bits per heavy atom. The highest BCUT2D eigenvalue weighted by Gasteiger charge is 2.23. The standard InChI is InChI=1S/C18H27NO/c1-15(18(2,3)4)19(5)14-17-12-7-6-10-16(17)11-8-9-13-20/h6-7,10,12,15,20H,9,13-14H2,1-5H3. The van der Waals surface area contributed by atoms with Crippen LogP contribution in [0.4, 0.5) is 0 Å². The molecule has 0 aliphatic carbocycles. The van der Waals surface area contributed by atoms with Crippen LogP contribution in [0.1, 0.15) is 45.2 Å². The maximum Gasteiger partial charge on any atom is 0.0540 e. The summed E-state index contributed by atoms with van der Waals surface area (Å²) in [5.41, 5.74) is 2.57. The minimum atomic E-state index is 0.121. The fourth-order valence-corrected chi connectivity index (χ4v) is 2.06. The van der Waals surface area contributed by atoms with Crippen molar-refractivity contribution in [1.29, 1.82) is 0 Å². The van der Waals surface area contributed by atoms with E-state index in [9.17, 15) is 0 Å². The van der Waals surface area contributed by atoms with Crippen LogP contribution in [-0.2, 0) is 6.54 Å². The number of aliphatic hydroxyl groups excluding tert-OH is 1. The monoisotopic (exact) mass is 273 g/mol. The molecule has 1 aromatic carbocycles. The van der Waals surface area contributed by atoms with Crippen molar-refractivity contribution in [2.24, 2.45) is 5.41 Å². The van der Waals surface area contributed by atoms with E-state index in [-0.39, 0.29) is 12.0 Å². The second-order valence-electron chi connectivity index (χ2n) is 6.39. The highest BCUT2D eigenvalue weighted by atomic mass is 16.2. The zero-order valence-corrected chi connectivity index (χ0v) is 13.4. The summed E-state index contributed by atoms with van der Waals surface area (Å²) >= 11 is 0. The van der Waals surface area contributed by atoms with Gasteiger partial charge in [0.1, 0.15) is 0 Å². The predicted octanol–water partition coefficient (Wildman–Crippen LogP) is 3.29. The zero-order valence-electron chi connectivity index (χ0n) is 13.4. The molecule has 0 fully saturated rings. The lowest BCUT2D eigenvalue weighted by Crippen LogP contribution is -2.38. The molecule has 1 N–H and O–H groups in total. The third-order valence-electron chi connectivity index (χ3n) is 3.81. The van der Waals surface area contributed by atoms with Crippen LogP contribution in [0.5, 0.6) is 0 Å². The van der Waals surface area contributed by atoms with Crippen LogP contribution < -0.4 is 0 Å². The Hall–Kier alpha value is -1.30. The Labute approximate surface area is 123 Å². The molecule has 0 amide bonds. The first-order valence-corrected chi connectivity index (χ1v) is 7.24. The molecule has 0 saturated heterocycles. The molecule has 2 nitrogen and oxygen atoms in total. The second kappa shape index (κ2) is 7.47. The maximum absolute atomic E-state index is 8.81. The molecule has 2 heteroatoms. The second-order valence-corrected chi connectivity index (χ2v) is 6.39. The summed E-state index contributed by atoms with van der Waals surface area (Å²) in [4.78, 5) is 2.37. The molecule has 0 heterocycles. The Balaban J connectivity index is 2.85. The molecular weight excluding hydrogens is 246 g/mol. The van der Waals surface area contributed by atoms with Gasteiger partial charge >= 0.3 is 0 Å². The van der Waals surface area contributed by atoms with E-state index >= 15 is 0 Å². The van der Waals surface area contributed by atoms with Gasteiger partial charge in [0.05, 0.1) is 6.61 Å². The van der Waals surface area contributed by atoms with Crippen molar-refractivity contribution in [3.63, 3.8) is 0 Å². The minimum Gasteiger partial charge on any atom is -0.395 e. The van der Waals surface area contributed by atoms with Gasteiger partial charge in [-0.05, 0) is 31.0 Å². The van der Waals surface area contributed by atoms with Gasteiger partial charge < -0.3 is 5.11 Å². The molecule has 0 radical (unpaired) electrons. The summed E-state index contributed by atoms with van der Waals surface area (Å²) in [5.74, 6) is 6.17. The highest BCUT2D eigenvalue weighted by molar-refractivity contribution is 5.41. The fraction of sp³-hybridized carbons (Fsp3) is 0.556. The minimum absolute atomic E-state index is 0.121. The average molecular weight is 273 g/mol. The Morgan fingerprint density at radius 2 is 1.90 bits per heavy atom. The largest absolute Gasteiger partial charge is 0.395 e. The fourth-order valence-electron chi connectivity index (χ4n) is 2.06. The molecule has 0 spiro atoms. The van der Waals surface area contributed by atoms with E-state index in [1.807, 2.05) is 6.07 Å². The van der Waals surface area contributed by atoms with E-state index in [1.165, 1.54) is 5.56 Å². The quantitative estimate of drug-likeness (QED) is 0.851. The molecule has 20 heavy (non-hydrogen) atoms. The summed E-state index contributed by atoms with van der Waals surface area (Å²) in [6.45, 7) is 10.1. The topological polar surface area (TPSA) is 23.5 Å². The van der Waals surface area contributed by atoms with E-state index in [4.69, 9.17) is 5.11 Å². The van der Waals surface area contributed by atoms with Crippen LogP contribution in [0.15, 0.2) is 24.3 Å². The number of hydrogen-bond donors (Lipinski definition) is 1. The smallest absolute Gasteiger partial charge is 0.0540 e. The van der Waals surface area contributed by atoms with Crippen molar-refractivity contribution in [3.05, 3.63) is 35.4 Å². The average Bonchev–Trinajstić information content (AvgIpc) is 2.39. The SMILES string of the molecule is CC(N(C)Cc1ccccc1C#CCCO)C(C)(C)C. The number of rotatable bonds is 4. The van der Waals surface area contributed by atoms with Crippen LogP contribution in [0.3, 0.4) is 0 Å². The van der Waals surface area contributed by atoms with Gasteiger partial charge in [-0.25, -0.2) is 0 Å². The van der Waals surface area contributed by atoms with Crippen LogP contribution >= 0.6 is 0 Å². The van der Waals surface area contributed by atoms with Gasteiger partial charge in [0.25, 0.3) is 0 Å². The van der Waals surface area contributed by atoms with E-state index in [1.54, 1.807) is 0 Å². The van der Waals surface area contributed by atoms with Gasteiger partial charge in [0.15, 0.2) is 0 Å². The summed E-state index contributed by atoms with van der Waals surface area (Å²) in [6.07, 6.45) is 0.530. The van der Waals surface area contributed by atoms with Gasteiger partial charge in [0, 0.05) is 24.6 Å². The molecule has 1 atom stereocenters. The van der Waals surface area contributed by atoms with Crippen LogP contribution in [0.2, 0.25) is 0 Å². The van der Waals surface area contributed by atoms with Crippen molar-refractivity contribution in [2.75, 3.05) is 13.7 Å². The lowest BCUT2D eigenvalue weighted by atomic mass is 9.87. The molecule has 0 aliphatic rings. The zero-order chi connectivity index (χ0) is 15.2. The van der Waals surface area contributed by atoms with E-state index in [2.05, 4.69) is 69.7 Å². The molecule has 0 aromatic heterocycles. The highest BCUT2D eigenvalue weighted by Crippen LogP contribution is 2.24. The normalized spacial score (nSPS) is 12.9. The van der Waals surface area contributed by atoms with Crippen molar-refractivity contribution in [2.45, 2.75) is 46.7 Å². The Bertz CT molecular complexity index is 476. The molecule has 0 bridgehead atoms. The Morgan fingerprint density at radius 3 is 2.50 bits per heavy atom. The number of nitrogens with zero attached hydrogens (tertiary/aromatic N) is 1. The van der Waals surface area contributed by atoms with E-state index in [0.717, 1.165) is 12.1 Å². The summed E-state index contributed by atoms with van der Waals surface area (Å²) in [5, 5.41) is 8.81. The summed E-state index contributed by atoms with van der Waals surface area (Å²) < 4.78 is 0. The third-order valence-corrected chi connectivity index (χ3v) is 3.81. The molecule has 0 aliphatic heterocycles. The van der Waals surface area contributed by atoms with Crippen molar-refractivity contribution in [3.8, 4) is 11.8 Å². The van der Waals surface area contributed by atoms with E-state index < -0.39 is 0 Å². The van der Waals surface area contributed by atoms with Crippen molar-refractivity contribution in [1.82, 2.24) is 4.90 Å². The molecule has 1 aromatic rings. The summed E-state index contributed by atoms with van der Waals surface area (Å²) in [6, 6.07) is 8.74. The number of hydrogen-bond acceptors (Lipinski definition) is 2. The maximum atomic E-state index is 8.81. The summed E-state index contributed by atoms with van der Waals surface area (Å²) in [7, 11) is 2.16. The molecule has 1 unspecified atom stereocenters. The van der Waals surface area contributed by atoms with Crippen molar-refractivity contribution >= 4 is 0 Å². The first-order chi connectivity index (χ1) is 9.36. The number of benzene rings is 1. The lowest BCUT2D eigenvalue weighted by Gasteiger charge is -2.35. The first-order valence-electron chi connectivity index (χ1n) is 7.24. The Kier molecular flexibility index (Phi) is 6.26. The van der Waals surface area contributed by atoms with Gasteiger partial charge in [-0.15, -0.1) is 0 Å². The molecule has 0 saturated carbocycles. The predicted molar refractivity (Wildman–Crippen MR) is 85.4 cm³/mol. The lowest BCUT2D eigenvalue weighted by molar-refractivity contribution is 0.134. The van der Waals surface area contributed by atoms with Crippen molar-refractivity contribution < 1.29 is 5.11 Å². The molecule has 1 rings (SSSR count). The van der Waals surface area contributed by atoms with E-state index in [0.29, 0.717) is 12.5 Å². The first kappa shape index (κ1) is 16.8. The van der Waals surface area contributed by atoms with Gasteiger partial charge in [0.2, 0.25) is 0 Å². The molecular formula is C18H27NO. The van der Waals surface area contributed by atoms with Crippen LogP contribution in [0.25, 0.3) is 0 Å². The van der Waals surface area contributed by atoms with Gasteiger partial charge in [-0.2, -0.15) is 0 Å². The van der Waals surface area contributed by atoms with Crippen LogP contribution in [-0.4, -0.2) is 29.7 Å². The number of aliphatic hydroxyl groups is 1. The van der Waals surface area contributed by atoms with Gasteiger partial charge in [-0.3, -0.25) is 4.90 Å². The molecule has 110 valence electrons. The van der Waals surface area contributed by atoms with Gasteiger partial charge in [-0.1, -0.05) is 50.8 Å².